The molecule has 2 heterocycles. The molecule has 0 spiro atoms. The van der Waals surface area contributed by atoms with Crippen molar-refractivity contribution in [1.29, 1.82) is 0 Å². The fourth-order valence-corrected chi connectivity index (χ4v) is 1.82. The standard InChI is InChI=1S/C9H10O4/c1-3-5-6-4(2)8(10)13-7(6)9(11)12-5/h5-7H,2-3H2,1H3/t5-,6+,7+/m0/s1. The first kappa shape index (κ1) is 8.29. The van der Waals surface area contributed by atoms with E-state index in [9.17, 15) is 9.59 Å². The minimum Gasteiger partial charge on any atom is -0.459 e. The molecule has 2 aliphatic heterocycles. The molecule has 4 heteroatoms. The van der Waals surface area contributed by atoms with E-state index in [1.54, 1.807) is 0 Å². The predicted molar refractivity (Wildman–Crippen MR) is 42.7 cm³/mol. The highest BCUT2D eigenvalue weighted by Crippen LogP contribution is 2.38. The zero-order chi connectivity index (χ0) is 9.59. The maximum absolute atomic E-state index is 11.2. The van der Waals surface area contributed by atoms with Crippen molar-refractivity contribution in [3.8, 4) is 0 Å². The summed E-state index contributed by atoms with van der Waals surface area (Å²) in [5, 5.41) is 0. The monoisotopic (exact) mass is 182 g/mol. The Kier molecular flexibility index (Phi) is 1.65. The molecule has 4 nitrogen and oxygen atoms in total. The lowest BCUT2D eigenvalue weighted by Crippen LogP contribution is -2.21. The van der Waals surface area contributed by atoms with Gasteiger partial charge in [-0.3, -0.25) is 0 Å². The van der Waals surface area contributed by atoms with Gasteiger partial charge in [0.2, 0.25) is 6.10 Å². The molecule has 2 rings (SSSR count). The van der Waals surface area contributed by atoms with Gasteiger partial charge in [-0.1, -0.05) is 13.5 Å². The fourth-order valence-electron chi connectivity index (χ4n) is 1.82. The van der Waals surface area contributed by atoms with E-state index in [4.69, 9.17) is 9.47 Å². The Bertz CT molecular complexity index is 294. The van der Waals surface area contributed by atoms with Crippen LogP contribution in [0.3, 0.4) is 0 Å². The molecule has 2 fully saturated rings. The first-order valence-electron chi connectivity index (χ1n) is 4.25. The van der Waals surface area contributed by atoms with Crippen LogP contribution in [0, 0.1) is 5.92 Å². The summed E-state index contributed by atoms with van der Waals surface area (Å²) in [4.78, 5) is 22.2. The highest BCUT2D eigenvalue weighted by Gasteiger charge is 2.54. The van der Waals surface area contributed by atoms with Crippen LogP contribution in [0.15, 0.2) is 12.2 Å². The molecule has 2 saturated heterocycles. The van der Waals surface area contributed by atoms with Gasteiger partial charge in [-0.25, -0.2) is 9.59 Å². The first-order chi connectivity index (χ1) is 6.15. The van der Waals surface area contributed by atoms with Gasteiger partial charge in [0.25, 0.3) is 0 Å². The lowest BCUT2D eigenvalue weighted by molar-refractivity contribution is -0.156. The van der Waals surface area contributed by atoms with E-state index in [1.165, 1.54) is 0 Å². The van der Waals surface area contributed by atoms with Gasteiger partial charge in [-0.05, 0) is 6.42 Å². The van der Waals surface area contributed by atoms with Gasteiger partial charge in [0.15, 0.2) is 0 Å². The number of cyclic esters (lactones) is 1. The van der Waals surface area contributed by atoms with E-state index in [-0.39, 0.29) is 12.0 Å². The Hall–Kier alpha value is -1.32. The number of hydrogen-bond donors (Lipinski definition) is 0. The maximum atomic E-state index is 11.2. The van der Waals surface area contributed by atoms with Crippen LogP contribution in [0.25, 0.3) is 0 Å². The molecule has 0 unspecified atom stereocenters. The van der Waals surface area contributed by atoms with E-state index in [0.717, 1.165) is 0 Å². The Labute approximate surface area is 75.5 Å². The van der Waals surface area contributed by atoms with E-state index >= 15 is 0 Å². The molecule has 0 aromatic rings. The van der Waals surface area contributed by atoms with Crippen molar-refractivity contribution in [2.45, 2.75) is 25.6 Å². The van der Waals surface area contributed by atoms with Crippen LogP contribution in [0.5, 0.6) is 0 Å². The summed E-state index contributed by atoms with van der Waals surface area (Å²) < 4.78 is 9.85. The molecule has 0 bridgehead atoms. The second-order valence-electron chi connectivity index (χ2n) is 3.26. The maximum Gasteiger partial charge on any atom is 0.348 e. The van der Waals surface area contributed by atoms with Crippen LogP contribution in [0.2, 0.25) is 0 Å². The van der Waals surface area contributed by atoms with E-state index in [0.29, 0.717) is 12.0 Å². The van der Waals surface area contributed by atoms with E-state index in [2.05, 4.69) is 6.58 Å². The minimum absolute atomic E-state index is 0.239. The summed E-state index contributed by atoms with van der Waals surface area (Å²) in [5.74, 6) is -1.17. The lowest BCUT2D eigenvalue weighted by atomic mass is 9.92. The van der Waals surface area contributed by atoms with Crippen LogP contribution in [-0.4, -0.2) is 24.1 Å². The van der Waals surface area contributed by atoms with Gasteiger partial charge in [-0.2, -0.15) is 0 Å². The van der Waals surface area contributed by atoms with Gasteiger partial charge >= 0.3 is 11.9 Å². The molecule has 0 aromatic heterocycles. The molecule has 3 atom stereocenters. The molecule has 13 heavy (non-hydrogen) atoms. The average molecular weight is 182 g/mol. The van der Waals surface area contributed by atoms with Gasteiger partial charge in [0.1, 0.15) is 6.10 Å². The number of hydrogen-bond acceptors (Lipinski definition) is 4. The quantitative estimate of drug-likeness (QED) is 0.435. The third kappa shape index (κ3) is 0.978. The van der Waals surface area contributed by atoms with Gasteiger partial charge in [0, 0.05) is 5.57 Å². The summed E-state index contributed by atoms with van der Waals surface area (Å²) in [6.45, 7) is 5.50. The Morgan fingerprint density at radius 1 is 1.38 bits per heavy atom. The normalized spacial score (nSPS) is 37.3. The molecule has 0 saturated carbocycles. The summed E-state index contributed by atoms with van der Waals surface area (Å²) in [6.07, 6.45) is -0.288. The average Bonchev–Trinajstić information content (AvgIpc) is 2.55. The molecule has 0 radical (unpaired) electrons. The third-order valence-corrected chi connectivity index (χ3v) is 2.53. The molecule has 0 amide bonds. The van der Waals surface area contributed by atoms with Crippen molar-refractivity contribution >= 4 is 11.9 Å². The number of carbonyl (C=O) groups is 2. The highest BCUT2D eigenvalue weighted by atomic mass is 16.6. The number of rotatable bonds is 1. The molecule has 0 aliphatic carbocycles. The lowest BCUT2D eigenvalue weighted by Gasteiger charge is -2.11. The summed E-state index contributed by atoms with van der Waals surface area (Å²) in [5.41, 5.74) is 0.364. The van der Waals surface area contributed by atoms with Crippen LogP contribution < -0.4 is 0 Å². The van der Waals surface area contributed by atoms with Crippen molar-refractivity contribution in [1.82, 2.24) is 0 Å². The number of fused-ring (bicyclic) bond motifs is 1. The number of carbonyl (C=O) groups excluding carboxylic acids is 2. The highest BCUT2D eigenvalue weighted by molar-refractivity contribution is 5.97. The molecule has 0 aromatic carbocycles. The van der Waals surface area contributed by atoms with Crippen LogP contribution in [0.4, 0.5) is 0 Å². The summed E-state index contributed by atoms with van der Waals surface area (Å²) in [6, 6.07) is 0. The Morgan fingerprint density at radius 2 is 2.08 bits per heavy atom. The molecule has 70 valence electrons. The van der Waals surface area contributed by atoms with Crippen molar-refractivity contribution in [2.75, 3.05) is 0 Å². The van der Waals surface area contributed by atoms with Gasteiger partial charge in [-0.15, -0.1) is 0 Å². The molecule has 0 N–H and O–H groups in total. The minimum atomic E-state index is -0.732. The Morgan fingerprint density at radius 3 is 2.69 bits per heavy atom. The van der Waals surface area contributed by atoms with Crippen LogP contribution >= 0.6 is 0 Å². The second kappa shape index (κ2) is 2.58. The number of ether oxygens (including phenoxy) is 2. The zero-order valence-corrected chi connectivity index (χ0v) is 7.28. The van der Waals surface area contributed by atoms with Crippen molar-refractivity contribution < 1.29 is 19.1 Å². The largest absolute Gasteiger partial charge is 0.459 e. The van der Waals surface area contributed by atoms with Crippen molar-refractivity contribution in [3.63, 3.8) is 0 Å². The van der Waals surface area contributed by atoms with Crippen molar-refractivity contribution in [2.24, 2.45) is 5.92 Å². The second-order valence-corrected chi connectivity index (χ2v) is 3.26. The van der Waals surface area contributed by atoms with Gasteiger partial charge in [0.05, 0.1) is 5.92 Å². The van der Waals surface area contributed by atoms with E-state index < -0.39 is 18.0 Å². The van der Waals surface area contributed by atoms with Crippen LogP contribution in [0.1, 0.15) is 13.3 Å². The number of esters is 2. The molecular formula is C9H10O4. The topological polar surface area (TPSA) is 52.6 Å². The Balaban J connectivity index is 2.31. The predicted octanol–water partition coefficient (Wildman–Crippen LogP) is 0.420. The summed E-state index contributed by atoms with van der Waals surface area (Å²) in [7, 11) is 0. The first-order valence-corrected chi connectivity index (χ1v) is 4.25. The smallest absolute Gasteiger partial charge is 0.348 e. The third-order valence-electron chi connectivity index (χ3n) is 2.53. The summed E-state index contributed by atoms with van der Waals surface area (Å²) >= 11 is 0. The fraction of sp³-hybridized carbons (Fsp3) is 0.556. The zero-order valence-electron chi connectivity index (χ0n) is 7.28. The molecule has 2 aliphatic rings. The van der Waals surface area contributed by atoms with Crippen molar-refractivity contribution in [3.05, 3.63) is 12.2 Å². The van der Waals surface area contributed by atoms with Crippen LogP contribution in [-0.2, 0) is 19.1 Å². The SMILES string of the molecule is C=C1C(=O)O[C@H]2C(=O)O[C@@H](CC)[C@@H]12. The van der Waals surface area contributed by atoms with Gasteiger partial charge < -0.3 is 9.47 Å². The molecular weight excluding hydrogens is 172 g/mol. The van der Waals surface area contributed by atoms with E-state index in [1.807, 2.05) is 6.92 Å².